The van der Waals surface area contributed by atoms with E-state index in [1.165, 1.54) is 25.0 Å². The van der Waals surface area contributed by atoms with Crippen LogP contribution in [-0.4, -0.2) is 37.6 Å². The smallest absolute Gasteiger partial charge is 0.251 e. The van der Waals surface area contributed by atoms with Gasteiger partial charge in [0.15, 0.2) is 0 Å². The second-order valence-electron chi connectivity index (χ2n) is 5.37. The molecule has 5 heteroatoms. The number of amides is 1. The molecule has 1 fully saturated rings. The van der Waals surface area contributed by atoms with Gasteiger partial charge in [0.2, 0.25) is 0 Å². The molecule has 0 aliphatic carbocycles. The third kappa shape index (κ3) is 3.82. The van der Waals surface area contributed by atoms with Crippen LogP contribution in [0, 0.1) is 0 Å². The third-order valence-electron chi connectivity index (χ3n) is 3.54. The molecule has 1 saturated heterocycles. The Labute approximate surface area is 125 Å². The summed E-state index contributed by atoms with van der Waals surface area (Å²) in [6.07, 6.45) is 3.78. The summed E-state index contributed by atoms with van der Waals surface area (Å²) in [6, 6.07) is 5.47. The highest BCUT2D eigenvalue weighted by Crippen LogP contribution is 2.25. The molecule has 0 bridgehead atoms. The van der Waals surface area contributed by atoms with Crippen LogP contribution in [0.3, 0.4) is 0 Å². The molecule has 0 aromatic heterocycles. The zero-order chi connectivity index (χ0) is 14.5. The predicted molar refractivity (Wildman–Crippen MR) is 87.6 cm³/mol. The van der Waals surface area contributed by atoms with Crippen molar-refractivity contribution in [1.29, 1.82) is 0 Å². The van der Waals surface area contributed by atoms with Gasteiger partial charge in [0.1, 0.15) is 0 Å². The minimum atomic E-state index is -0.0341. The SMILES string of the molecule is CN(C)c1ccc(C(=O)NCC2CCCCS2)cc1N. The van der Waals surface area contributed by atoms with Crippen LogP contribution in [0.1, 0.15) is 29.6 Å². The highest BCUT2D eigenvalue weighted by atomic mass is 32.2. The molecule has 1 aromatic carbocycles. The number of thioether (sulfide) groups is 1. The van der Waals surface area contributed by atoms with E-state index in [2.05, 4.69) is 5.32 Å². The number of carbonyl (C=O) groups excluding carboxylic acids is 1. The number of anilines is 2. The topological polar surface area (TPSA) is 58.4 Å². The number of hydrogen-bond acceptors (Lipinski definition) is 4. The fourth-order valence-corrected chi connectivity index (χ4v) is 3.62. The summed E-state index contributed by atoms with van der Waals surface area (Å²) in [5, 5.41) is 3.58. The van der Waals surface area contributed by atoms with E-state index in [1.54, 1.807) is 6.07 Å². The van der Waals surface area contributed by atoms with Crippen molar-refractivity contribution >= 4 is 29.0 Å². The van der Waals surface area contributed by atoms with Crippen molar-refractivity contribution in [3.8, 4) is 0 Å². The molecule has 2 rings (SSSR count). The first-order valence-electron chi connectivity index (χ1n) is 7.04. The molecule has 1 heterocycles. The number of hydrogen-bond donors (Lipinski definition) is 2. The average molecular weight is 293 g/mol. The monoisotopic (exact) mass is 293 g/mol. The molecule has 0 radical (unpaired) electrons. The minimum Gasteiger partial charge on any atom is -0.397 e. The predicted octanol–water partition coefficient (Wildman–Crippen LogP) is 2.35. The molecular formula is C15H23N3OS. The van der Waals surface area contributed by atoms with Crippen molar-refractivity contribution in [2.75, 3.05) is 37.0 Å². The Hall–Kier alpha value is -1.36. The summed E-state index contributed by atoms with van der Waals surface area (Å²) >= 11 is 1.96. The van der Waals surface area contributed by atoms with Gasteiger partial charge in [-0.05, 0) is 36.8 Å². The molecule has 110 valence electrons. The maximum absolute atomic E-state index is 12.1. The van der Waals surface area contributed by atoms with E-state index in [4.69, 9.17) is 5.73 Å². The van der Waals surface area contributed by atoms with E-state index in [0.29, 0.717) is 16.5 Å². The summed E-state index contributed by atoms with van der Waals surface area (Å²) in [7, 11) is 3.87. The summed E-state index contributed by atoms with van der Waals surface area (Å²) in [5.41, 5.74) is 8.18. The van der Waals surface area contributed by atoms with Crippen molar-refractivity contribution in [3.63, 3.8) is 0 Å². The zero-order valence-electron chi connectivity index (χ0n) is 12.2. The first kappa shape index (κ1) is 15.0. The van der Waals surface area contributed by atoms with Crippen molar-refractivity contribution in [3.05, 3.63) is 23.8 Å². The first-order valence-corrected chi connectivity index (χ1v) is 8.09. The van der Waals surface area contributed by atoms with E-state index in [9.17, 15) is 4.79 Å². The van der Waals surface area contributed by atoms with Gasteiger partial charge in [0.25, 0.3) is 5.91 Å². The van der Waals surface area contributed by atoms with Crippen LogP contribution >= 0.6 is 11.8 Å². The zero-order valence-corrected chi connectivity index (χ0v) is 13.0. The third-order valence-corrected chi connectivity index (χ3v) is 4.93. The van der Waals surface area contributed by atoms with E-state index in [0.717, 1.165) is 12.2 Å². The number of rotatable bonds is 4. The second kappa shape index (κ2) is 6.88. The largest absolute Gasteiger partial charge is 0.397 e. The van der Waals surface area contributed by atoms with Crippen molar-refractivity contribution < 1.29 is 4.79 Å². The first-order chi connectivity index (χ1) is 9.58. The van der Waals surface area contributed by atoms with Crippen LogP contribution in [0.2, 0.25) is 0 Å². The van der Waals surface area contributed by atoms with Crippen LogP contribution in [0.15, 0.2) is 18.2 Å². The molecular weight excluding hydrogens is 270 g/mol. The normalized spacial score (nSPS) is 18.6. The average Bonchev–Trinajstić information content (AvgIpc) is 2.45. The highest BCUT2D eigenvalue weighted by molar-refractivity contribution is 7.99. The number of nitrogens with one attached hydrogen (secondary N) is 1. The van der Waals surface area contributed by atoms with Crippen LogP contribution in [0.5, 0.6) is 0 Å². The van der Waals surface area contributed by atoms with Crippen LogP contribution in [0.25, 0.3) is 0 Å². The Morgan fingerprint density at radius 2 is 2.25 bits per heavy atom. The molecule has 20 heavy (non-hydrogen) atoms. The van der Waals surface area contributed by atoms with Gasteiger partial charge in [0.05, 0.1) is 11.4 Å². The minimum absolute atomic E-state index is 0.0341. The number of carbonyl (C=O) groups is 1. The molecule has 1 atom stereocenters. The summed E-state index contributed by atoms with van der Waals surface area (Å²) in [6.45, 7) is 0.749. The molecule has 0 spiro atoms. The lowest BCUT2D eigenvalue weighted by Gasteiger charge is -2.21. The summed E-state index contributed by atoms with van der Waals surface area (Å²) in [4.78, 5) is 14.1. The highest BCUT2D eigenvalue weighted by Gasteiger charge is 2.15. The number of benzene rings is 1. The molecule has 1 unspecified atom stereocenters. The lowest BCUT2D eigenvalue weighted by atomic mass is 10.1. The van der Waals surface area contributed by atoms with E-state index in [1.807, 2.05) is 42.9 Å². The summed E-state index contributed by atoms with van der Waals surface area (Å²) < 4.78 is 0. The van der Waals surface area contributed by atoms with E-state index >= 15 is 0 Å². The lowest BCUT2D eigenvalue weighted by molar-refractivity contribution is 0.0953. The van der Waals surface area contributed by atoms with Crippen molar-refractivity contribution in [2.24, 2.45) is 0 Å². The van der Waals surface area contributed by atoms with Gasteiger partial charge in [-0.1, -0.05) is 6.42 Å². The Kier molecular flexibility index (Phi) is 5.17. The summed E-state index contributed by atoms with van der Waals surface area (Å²) in [5.74, 6) is 1.18. The Morgan fingerprint density at radius 3 is 2.85 bits per heavy atom. The van der Waals surface area contributed by atoms with Gasteiger partial charge >= 0.3 is 0 Å². The quantitative estimate of drug-likeness (QED) is 0.837. The molecule has 1 aliphatic heterocycles. The molecule has 1 amide bonds. The lowest BCUT2D eigenvalue weighted by Crippen LogP contribution is -2.32. The standard InChI is InChI=1S/C15H23N3OS/c1-18(2)14-7-6-11(9-13(14)16)15(19)17-10-12-5-3-4-8-20-12/h6-7,9,12H,3-5,8,10,16H2,1-2H3,(H,17,19). The second-order valence-corrected chi connectivity index (χ2v) is 6.77. The number of nitrogens with two attached hydrogens (primary N) is 1. The van der Waals surface area contributed by atoms with Crippen LogP contribution in [-0.2, 0) is 0 Å². The molecule has 0 saturated carbocycles. The van der Waals surface area contributed by atoms with Gasteiger partial charge in [-0.2, -0.15) is 11.8 Å². The maximum atomic E-state index is 12.1. The molecule has 4 nitrogen and oxygen atoms in total. The Bertz CT molecular complexity index is 470. The van der Waals surface area contributed by atoms with Crippen LogP contribution in [0.4, 0.5) is 11.4 Å². The Balaban J connectivity index is 1.93. The Morgan fingerprint density at radius 1 is 1.45 bits per heavy atom. The van der Waals surface area contributed by atoms with Gasteiger partial charge in [-0.15, -0.1) is 0 Å². The van der Waals surface area contributed by atoms with E-state index < -0.39 is 0 Å². The fourth-order valence-electron chi connectivity index (χ4n) is 2.38. The van der Waals surface area contributed by atoms with Crippen molar-refractivity contribution in [2.45, 2.75) is 24.5 Å². The molecule has 1 aromatic rings. The van der Waals surface area contributed by atoms with Gasteiger partial charge < -0.3 is 16.0 Å². The van der Waals surface area contributed by atoms with E-state index in [-0.39, 0.29) is 5.91 Å². The maximum Gasteiger partial charge on any atom is 0.251 e. The fraction of sp³-hybridized carbons (Fsp3) is 0.533. The van der Waals surface area contributed by atoms with Crippen LogP contribution < -0.4 is 16.0 Å². The molecule has 1 aliphatic rings. The van der Waals surface area contributed by atoms with Gasteiger partial charge in [0, 0.05) is 31.5 Å². The molecule has 3 N–H and O–H groups in total. The van der Waals surface area contributed by atoms with Gasteiger partial charge in [-0.25, -0.2) is 0 Å². The number of nitrogens with zero attached hydrogens (tertiary/aromatic N) is 1. The van der Waals surface area contributed by atoms with Gasteiger partial charge in [-0.3, -0.25) is 4.79 Å². The van der Waals surface area contributed by atoms with Crippen molar-refractivity contribution in [1.82, 2.24) is 5.32 Å². The number of nitrogen functional groups attached to an aromatic ring is 1.